The summed E-state index contributed by atoms with van der Waals surface area (Å²) in [6, 6.07) is 15.7. The molecular weight excluding hydrogens is 492 g/mol. The summed E-state index contributed by atoms with van der Waals surface area (Å²) in [5, 5.41) is 11.2. The van der Waals surface area contributed by atoms with Crippen molar-refractivity contribution in [2.75, 3.05) is 44.2 Å². The second-order valence-corrected chi connectivity index (χ2v) is 11.0. The number of anilines is 1. The Hall–Kier alpha value is -3.56. The van der Waals surface area contributed by atoms with Crippen LogP contribution in [-0.2, 0) is 17.9 Å². The lowest BCUT2D eigenvalue weighted by Gasteiger charge is -2.39. The molecule has 206 valence electrons. The molecule has 2 saturated heterocycles. The molecule has 2 aromatic heterocycles. The van der Waals surface area contributed by atoms with E-state index < -0.39 is 5.60 Å². The lowest BCUT2D eigenvalue weighted by atomic mass is 9.90. The van der Waals surface area contributed by atoms with Gasteiger partial charge in [-0.2, -0.15) is 0 Å². The summed E-state index contributed by atoms with van der Waals surface area (Å²) in [6.45, 7) is 7.46. The van der Waals surface area contributed by atoms with Gasteiger partial charge in [0.05, 0.1) is 18.5 Å². The van der Waals surface area contributed by atoms with E-state index in [2.05, 4.69) is 32.8 Å². The Morgan fingerprint density at radius 1 is 1.03 bits per heavy atom. The van der Waals surface area contributed by atoms with E-state index in [0.717, 1.165) is 38.3 Å². The van der Waals surface area contributed by atoms with Crippen LogP contribution in [0, 0.1) is 0 Å². The predicted molar refractivity (Wildman–Crippen MR) is 150 cm³/mol. The third-order valence-corrected chi connectivity index (χ3v) is 8.05. The van der Waals surface area contributed by atoms with Gasteiger partial charge in [-0.1, -0.05) is 43.3 Å². The lowest BCUT2D eigenvalue weighted by molar-refractivity contribution is -0.136. The second kappa shape index (κ2) is 12.1. The molecule has 1 amide bonds. The van der Waals surface area contributed by atoms with Crippen molar-refractivity contribution in [3.05, 3.63) is 88.7 Å². The summed E-state index contributed by atoms with van der Waals surface area (Å²) in [7, 11) is 0. The van der Waals surface area contributed by atoms with Crippen molar-refractivity contribution in [1.82, 2.24) is 24.3 Å². The molecule has 9 heteroatoms. The molecule has 0 bridgehead atoms. The first kappa shape index (κ1) is 27.0. The summed E-state index contributed by atoms with van der Waals surface area (Å²) < 4.78 is 1.50. The molecule has 3 aromatic rings. The topological polar surface area (TPSA) is 94.8 Å². The largest absolute Gasteiger partial charge is 0.388 e. The molecule has 0 aliphatic carbocycles. The second-order valence-electron chi connectivity index (χ2n) is 11.0. The molecule has 4 heterocycles. The highest BCUT2D eigenvalue weighted by Gasteiger charge is 2.35. The zero-order chi connectivity index (χ0) is 27.2. The van der Waals surface area contributed by atoms with E-state index in [1.54, 1.807) is 18.6 Å². The minimum atomic E-state index is -1.03. The Bertz CT molecular complexity index is 1280. The highest BCUT2D eigenvalue weighted by molar-refractivity contribution is 5.77. The average molecular weight is 531 g/mol. The van der Waals surface area contributed by atoms with Gasteiger partial charge >= 0.3 is 0 Å². The van der Waals surface area contributed by atoms with E-state index in [-0.39, 0.29) is 23.9 Å². The van der Waals surface area contributed by atoms with Crippen molar-refractivity contribution < 1.29 is 9.90 Å². The third kappa shape index (κ3) is 6.91. The van der Waals surface area contributed by atoms with Crippen LogP contribution in [0.4, 0.5) is 5.82 Å². The van der Waals surface area contributed by atoms with Crippen LogP contribution in [0.15, 0.2) is 72.0 Å². The van der Waals surface area contributed by atoms with Gasteiger partial charge in [0.25, 0.3) is 5.56 Å². The first-order valence-corrected chi connectivity index (χ1v) is 13.9. The van der Waals surface area contributed by atoms with Crippen LogP contribution in [0.3, 0.4) is 0 Å². The molecule has 9 nitrogen and oxygen atoms in total. The van der Waals surface area contributed by atoms with E-state index in [9.17, 15) is 14.7 Å². The van der Waals surface area contributed by atoms with Crippen molar-refractivity contribution in [1.29, 1.82) is 0 Å². The van der Waals surface area contributed by atoms with Crippen LogP contribution in [0.1, 0.15) is 43.2 Å². The lowest BCUT2D eigenvalue weighted by Crippen LogP contribution is -2.50. The Morgan fingerprint density at radius 2 is 1.77 bits per heavy atom. The number of rotatable bonds is 8. The number of carbonyl (C=O) groups is 1. The van der Waals surface area contributed by atoms with Gasteiger partial charge in [0, 0.05) is 70.7 Å². The number of pyridine rings is 1. The van der Waals surface area contributed by atoms with Crippen molar-refractivity contribution in [2.24, 2.45) is 0 Å². The maximum absolute atomic E-state index is 12.9. The van der Waals surface area contributed by atoms with Gasteiger partial charge in [-0.25, -0.2) is 4.98 Å². The van der Waals surface area contributed by atoms with E-state index >= 15 is 0 Å². The smallest absolute Gasteiger partial charge is 0.255 e. The minimum Gasteiger partial charge on any atom is -0.388 e. The molecule has 0 spiro atoms. The number of carbonyl (C=O) groups excluding carboxylic acids is 1. The molecule has 2 aliphatic heterocycles. The van der Waals surface area contributed by atoms with Crippen LogP contribution in [-0.4, -0.2) is 80.2 Å². The quantitative estimate of drug-likeness (QED) is 0.478. The number of hydrogen-bond acceptors (Lipinski definition) is 7. The molecule has 0 unspecified atom stereocenters. The van der Waals surface area contributed by atoms with Gasteiger partial charge in [-0.15, -0.1) is 0 Å². The summed E-state index contributed by atoms with van der Waals surface area (Å²) >= 11 is 0. The number of benzene rings is 1. The number of piperazine rings is 1. The maximum Gasteiger partial charge on any atom is 0.255 e. The highest BCUT2D eigenvalue weighted by Crippen LogP contribution is 2.26. The SMILES string of the molecule is C[C@H](CC(=O)N1CCC(O)(Cn2cnc(N3CCN(Cc4cccnc4)CC3)cc2=O)CC1)c1ccccc1. The number of nitrogens with zero attached hydrogens (tertiary/aromatic N) is 6. The number of aliphatic hydroxyl groups is 1. The predicted octanol–water partition coefficient (Wildman–Crippen LogP) is 2.51. The van der Waals surface area contributed by atoms with E-state index in [4.69, 9.17) is 0 Å². The van der Waals surface area contributed by atoms with Gasteiger partial charge in [-0.3, -0.25) is 24.0 Å². The molecule has 0 saturated carbocycles. The van der Waals surface area contributed by atoms with Crippen LogP contribution in [0.2, 0.25) is 0 Å². The van der Waals surface area contributed by atoms with Gasteiger partial charge in [-0.05, 0) is 36.0 Å². The monoisotopic (exact) mass is 530 g/mol. The summed E-state index contributed by atoms with van der Waals surface area (Å²) in [6.07, 6.45) is 6.56. The van der Waals surface area contributed by atoms with Crippen LogP contribution in [0.25, 0.3) is 0 Å². The number of amides is 1. The highest BCUT2D eigenvalue weighted by atomic mass is 16.3. The molecule has 1 atom stereocenters. The zero-order valence-electron chi connectivity index (χ0n) is 22.7. The molecule has 2 fully saturated rings. The van der Waals surface area contributed by atoms with Gasteiger partial charge in [0.15, 0.2) is 0 Å². The van der Waals surface area contributed by atoms with E-state index in [0.29, 0.717) is 38.2 Å². The fourth-order valence-corrected chi connectivity index (χ4v) is 5.53. The fourth-order valence-electron chi connectivity index (χ4n) is 5.53. The molecule has 1 aromatic carbocycles. The Kier molecular flexibility index (Phi) is 8.38. The van der Waals surface area contributed by atoms with Gasteiger partial charge in [0.2, 0.25) is 5.91 Å². The maximum atomic E-state index is 12.9. The average Bonchev–Trinajstić information content (AvgIpc) is 2.96. The van der Waals surface area contributed by atoms with Crippen LogP contribution < -0.4 is 10.5 Å². The van der Waals surface area contributed by atoms with Crippen molar-refractivity contribution >= 4 is 11.7 Å². The number of piperidine rings is 1. The van der Waals surface area contributed by atoms with Crippen molar-refractivity contribution in [3.8, 4) is 0 Å². The Balaban J connectivity index is 1.11. The minimum absolute atomic E-state index is 0.108. The summed E-state index contributed by atoms with van der Waals surface area (Å²) in [5.41, 5.74) is 1.15. The number of hydrogen-bond donors (Lipinski definition) is 1. The third-order valence-electron chi connectivity index (χ3n) is 8.05. The fraction of sp³-hybridized carbons (Fsp3) is 0.467. The molecule has 0 radical (unpaired) electrons. The van der Waals surface area contributed by atoms with E-state index in [1.807, 2.05) is 47.5 Å². The first-order valence-electron chi connectivity index (χ1n) is 13.9. The number of aromatic nitrogens is 3. The van der Waals surface area contributed by atoms with Crippen LogP contribution in [0.5, 0.6) is 0 Å². The first-order chi connectivity index (χ1) is 18.9. The normalized spacial score (nSPS) is 18.6. The summed E-state index contributed by atoms with van der Waals surface area (Å²) in [5.74, 6) is 0.932. The Morgan fingerprint density at radius 3 is 2.44 bits per heavy atom. The molecule has 39 heavy (non-hydrogen) atoms. The van der Waals surface area contributed by atoms with Crippen molar-refractivity contribution in [3.63, 3.8) is 0 Å². The molecule has 5 rings (SSSR count). The molecule has 1 N–H and O–H groups in total. The van der Waals surface area contributed by atoms with E-state index in [1.165, 1.54) is 10.1 Å². The van der Waals surface area contributed by atoms with Gasteiger partial charge < -0.3 is 14.9 Å². The zero-order valence-corrected chi connectivity index (χ0v) is 22.7. The van der Waals surface area contributed by atoms with Crippen LogP contribution >= 0.6 is 0 Å². The Labute approximate surface area is 229 Å². The van der Waals surface area contributed by atoms with Gasteiger partial charge in [0.1, 0.15) is 5.82 Å². The van der Waals surface area contributed by atoms with Crippen molar-refractivity contribution in [2.45, 2.75) is 50.8 Å². The number of likely N-dealkylation sites (tertiary alicyclic amines) is 1. The standard InChI is InChI=1S/C30H38N6O3/c1-24(26-7-3-2-4-8-26)18-28(37)35-12-9-30(39,10-13-35)22-36-23-32-27(19-29(36)38)34-16-14-33(15-17-34)21-25-6-5-11-31-20-25/h2-8,11,19-20,23-24,39H,9-10,12-18,21-22H2,1H3/t24-/m1/s1. The molecule has 2 aliphatic rings. The molecular formula is C30H38N6O3. The summed E-state index contributed by atoms with van der Waals surface area (Å²) in [4.78, 5) is 40.9.